The molecule has 0 saturated carbocycles. The van der Waals surface area contributed by atoms with Crippen LogP contribution in [0.15, 0.2) is 59.1 Å². The van der Waals surface area contributed by atoms with E-state index in [2.05, 4.69) is 27.1 Å². The third-order valence-electron chi connectivity index (χ3n) is 5.11. The van der Waals surface area contributed by atoms with Gasteiger partial charge < -0.3 is 9.26 Å². The highest BCUT2D eigenvalue weighted by molar-refractivity contribution is 6.30. The largest absolute Gasteiger partial charge is 0.497 e. The van der Waals surface area contributed by atoms with Crippen LogP contribution < -0.4 is 4.74 Å². The zero-order valence-electron chi connectivity index (χ0n) is 16.0. The molecule has 1 saturated heterocycles. The van der Waals surface area contributed by atoms with Crippen molar-refractivity contribution < 1.29 is 9.26 Å². The molecule has 1 aromatic heterocycles. The van der Waals surface area contributed by atoms with Gasteiger partial charge in [-0.1, -0.05) is 41.0 Å². The maximum atomic E-state index is 5.95. The third-order valence-corrected chi connectivity index (χ3v) is 5.36. The Morgan fingerprint density at radius 2 is 1.57 bits per heavy atom. The zero-order chi connectivity index (χ0) is 19.3. The smallest absolute Gasteiger partial charge is 0.151 e. The minimum Gasteiger partial charge on any atom is -0.497 e. The average Bonchev–Trinajstić information content (AvgIpc) is 3.19. The first-order valence-electron chi connectivity index (χ1n) is 9.49. The number of benzene rings is 2. The Morgan fingerprint density at radius 3 is 2.21 bits per heavy atom. The topological polar surface area (TPSA) is 41.7 Å². The average molecular weight is 398 g/mol. The van der Waals surface area contributed by atoms with Crippen LogP contribution in [0.5, 0.6) is 5.75 Å². The predicted molar refractivity (Wildman–Crippen MR) is 110 cm³/mol. The number of nitrogens with zero attached hydrogens (tertiary/aromatic N) is 3. The van der Waals surface area contributed by atoms with Gasteiger partial charge in [0.25, 0.3) is 0 Å². The van der Waals surface area contributed by atoms with E-state index in [0.717, 1.165) is 67.1 Å². The summed E-state index contributed by atoms with van der Waals surface area (Å²) in [4.78, 5) is 4.90. The van der Waals surface area contributed by atoms with Crippen molar-refractivity contribution in [1.82, 2.24) is 15.0 Å². The molecule has 0 unspecified atom stereocenters. The van der Waals surface area contributed by atoms with E-state index in [0.29, 0.717) is 0 Å². The third kappa shape index (κ3) is 4.73. The summed E-state index contributed by atoms with van der Waals surface area (Å²) in [5.74, 6) is 1.80. The molecule has 0 amide bonds. The van der Waals surface area contributed by atoms with Gasteiger partial charge in [-0.3, -0.25) is 9.80 Å². The molecule has 5 nitrogen and oxygen atoms in total. The lowest BCUT2D eigenvalue weighted by atomic mass is 10.1. The molecule has 6 heteroatoms. The van der Waals surface area contributed by atoms with Crippen molar-refractivity contribution in [2.24, 2.45) is 0 Å². The van der Waals surface area contributed by atoms with Crippen LogP contribution in [0, 0.1) is 0 Å². The van der Waals surface area contributed by atoms with Crippen LogP contribution in [-0.4, -0.2) is 48.2 Å². The molecule has 0 N–H and O–H groups in total. The van der Waals surface area contributed by atoms with Gasteiger partial charge in [0, 0.05) is 49.4 Å². The minimum atomic E-state index is 0.722. The number of piperazine rings is 1. The van der Waals surface area contributed by atoms with Crippen LogP contribution in [0.4, 0.5) is 0 Å². The molecular weight excluding hydrogens is 374 g/mol. The van der Waals surface area contributed by atoms with Gasteiger partial charge in [-0.05, 0) is 29.8 Å². The molecule has 2 aromatic carbocycles. The summed E-state index contributed by atoms with van der Waals surface area (Å²) in [6.45, 7) is 5.90. The Bertz CT molecular complexity index is 885. The molecule has 1 aliphatic heterocycles. The van der Waals surface area contributed by atoms with Crippen molar-refractivity contribution in [3.8, 4) is 17.0 Å². The predicted octanol–water partition coefficient (Wildman–Crippen LogP) is 4.32. The summed E-state index contributed by atoms with van der Waals surface area (Å²) in [5, 5.41) is 4.92. The number of aromatic nitrogens is 1. The molecule has 0 aliphatic carbocycles. The fourth-order valence-electron chi connectivity index (χ4n) is 3.46. The first-order chi connectivity index (χ1) is 13.7. The lowest BCUT2D eigenvalue weighted by Crippen LogP contribution is -2.45. The summed E-state index contributed by atoms with van der Waals surface area (Å²) < 4.78 is 10.8. The van der Waals surface area contributed by atoms with Crippen LogP contribution in [0.3, 0.4) is 0 Å². The lowest BCUT2D eigenvalue weighted by molar-refractivity contribution is 0.114. The van der Waals surface area contributed by atoms with Gasteiger partial charge in [-0.2, -0.15) is 0 Å². The Kier molecular flexibility index (Phi) is 5.95. The maximum Gasteiger partial charge on any atom is 0.151 e. The van der Waals surface area contributed by atoms with Crippen LogP contribution in [0.2, 0.25) is 5.02 Å². The van der Waals surface area contributed by atoms with Gasteiger partial charge in [-0.15, -0.1) is 0 Å². The van der Waals surface area contributed by atoms with Crippen LogP contribution in [0.25, 0.3) is 11.3 Å². The van der Waals surface area contributed by atoms with Gasteiger partial charge in [0.2, 0.25) is 0 Å². The van der Waals surface area contributed by atoms with E-state index < -0.39 is 0 Å². The molecule has 4 rings (SSSR count). The summed E-state index contributed by atoms with van der Waals surface area (Å²) in [6.07, 6.45) is 0. The molecule has 0 radical (unpaired) electrons. The van der Waals surface area contributed by atoms with Gasteiger partial charge in [0.15, 0.2) is 5.76 Å². The van der Waals surface area contributed by atoms with Crippen molar-refractivity contribution in [2.75, 3.05) is 33.3 Å². The molecule has 0 spiro atoms. The zero-order valence-corrected chi connectivity index (χ0v) is 16.7. The van der Waals surface area contributed by atoms with Crippen LogP contribution >= 0.6 is 11.6 Å². The van der Waals surface area contributed by atoms with Crippen LogP contribution in [0.1, 0.15) is 11.3 Å². The van der Waals surface area contributed by atoms with E-state index >= 15 is 0 Å². The van der Waals surface area contributed by atoms with E-state index in [1.54, 1.807) is 7.11 Å². The lowest BCUT2D eigenvalue weighted by Gasteiger charge is -2.34. The number of hydrogen-bond acceptors (Lipinski definition) is 5. The van der Waals surface area contributed by atoms with E-state index in [-0.39, 0.29) is 0 Å². The van der Waals surface area contributed by atoms with Gasteiger partial charge in [-0.25, -0.2) is 0 Å². The van der Waals surface area contributed by atoms with Crippen molar-refractivity contribution >= 4 is 11.6 Å². The number of methoxy groups -OCH3 is 1. The second-order valence-corrected chi connectivity index (χ2v) is 7.52. The number of ether oxygens (including phenoxy) is 1. The molecule has 1 fully saturated rings. The number of hydrogen-bond donors (Lipinski definition) is 0. The molecule has 28 heavy (non-hydrogen) atoms. The SMILES string of the molecule is COc1ccc(CN2CCN(Cc3cc(-c4ccc(Cl)cc4)no3)CC2)cc1. The first-order valence-corrected chi connectivity index (χ1v) is 9.86. The van der Waals surface area contributed by atoms with Crippen molar-refractivity contribution in [3.63, 3.8) is 0 Å². The summed E-state index contributed by atoms with van der Waals surface area (Å²) >= 11 is 5.95. The number of rotatable bonds is 6. The van der Waals surface area contributed by atoms with Crippen molar-refractivity contribution in [2.45, 2.75) is 13.1 Å². The molecular formula is C22H24ClN3O2. The Morgan fingerprint density at radius 1 is 0.929 bits per heavy atom. The standard InChI is InChI=1S/C22H24ClN3O2/c1-27-20-8-2-17(3-9-20)15-25-10-12-26(13-11-25)16-21-14-22(24-28-21)18-4-6-19(23)7-5-18/h2-9,14H,10-13,15-16H2,1H3. The number of halogens is 1. The molecule has 1 aliphatic rings. The van der Waals surface area contributed by atoms with E-state index in [9.17, 15) is 0 Å². The molecule has 146 valence electrons. The molecule has 0 bridgehead atoms. The molecule has 3 aromatic rings. The second-order valence-electron chi connectivity index (χ2n) is 7.09. The fraction of sp³-hybridized carbons (Fsp3) is 0.318. The first kappa shape index (κ1) is 19.0. The highest BCUT2D eigenvalue weighted by atomic mass is 35.5. The second kappa shape index (κ2) is 8.78. The maximum absolute atomic E-state index is 5.95. The Balaban J connectivity index is 1.28. The minimum absolute atomic E-state index is 0.722. The highest BCUT2D eigenvalue weighted by Crippen LogP contribution is 2.22. The van der Waals surface area contributed by atoms with Gasteiger partial charge in [0.1, 0.15) is 11.4 Å². The van der Waals surface area contributed by atoms with Crippen molar-refractivity contribution in [3.05, 3.63) is 70.9 Å². The quantitative estimate of drug-likeness (QED) is 0.619. The van der Waals surface area contributed by atoms with Gasteiger partial charge >= 0.3 is 0 Å². The highest BCUT2D eigenvalue weighted by Gasteiger charge is 2.19. The van der Waals surface area contributed by atoms with E-state index in [4.69, 9.17) is 20.9 Å². The van der Waals surface area contributed by atoms with E-state index in [1.165, 1.54) is 5.56 Å². The Hall–Kier alpha value is -2.34. The monoisotopic (exact) mass is 397 g/mol. The van der Waals surface area contributed by atoms with Crippen molar-refractivity contribution in [1.29, 1.82) is 0 Å². The fourth-order valence-corrected chi connectivity index (χ4v) is 3.59. The van der Waals surface area contributed by atoms with E-state index in [1.807, 2.05) is 42.5 Å². The normalized spacial score (nSPS) is 15.6. The summed E-state index contributed by atoms with van der Waals surface area (Å²) in [5.41, 5.74) is 3.19. The summed E-state index contributed by atoms with van der Waals surface area (Å²) in [6, 6.07) is 18.0. The molecule has 0 atom stereocenters. The van der Waals surface area contributed by atoms with Gasteiger partial charge in [0.05, 0.1) is 13.7 Å². The Labute approximate surface area is 170 Å². The summed E-state index contributed by atoms with van der Waals surface area (Å²) in [7, 11) is 1.70. The molecule has 2 heterocycles. The van der Waals surface area contributed by atoms with Crippen LogP contribution in [-0.2, 0) is 13.1 Å².